The van der Waals surface area contributed by atoms with Crippen molar-refractivity contribution in [2.75, 3.05) is 33.3 Å². The van der Waals surface area contributed by atoms with Crippen molar-refractivity contribution in [2.24, 2.45) is 0 Å². The van der Waals surface area contributed by atoms with Crippen molar-refractivity contribution in [2.45, 2.75) is 19.4 Å². The first-order chi connectivity index (χ1) is 16.1. The fourth-order valence-corrected chi connectivity index (χ4v) is 5.31. The van der Waals surface area contributed by atoms with Crippen LogP contribution in [0.2, 0.25) is 0 Å². The van der Waals surface area contributed by atoms with Gasteiger partial charge in [0.1, 0.15) is 5.75 Å². The van der Waals surface area contributed by atoms with Crippen molar-refractivity contribution < 1.29 is 19.1 Å². The summed E-state index contributed by atoms with van der Waals surface area (Å²) >= 11 is 1.44. The molecular weight excluding hydrogens is 442 g/mol. The Bertz CT molecular complexity index is 1240. The maximum absolute atomic E-state index is 12.7. The number of hydrogen-bond acceptors (Lipinski definition) is 8. The number of benzene rings is 1. The first-order valence-electron chi connectivity index (χ1n) is 10.9. The minimum Gasteiger partial charge on any atom is -0.497 e. The van der Waals surface area contributed by atoms with Gasteiger partial charge in [-0.05, 0) is 29.8 Å². The second kappa shape index (κ2) is 8.87. The summed E-state index contributed by atoms with van der Waals surface area (Å²) in [5, 5.41) is 15.5. The third-order valence-electron chi connectivity index (χ3n) is 5.94. The van der Waals surface area contributed by atoms with Gasteiger partial charge in [0.15, 0.2) is 11.6 Å². The second-order valence-corrected chi connectivity index (χ2v) is 8.86. The van der Waals surface area contributed by atoms with Crippen molar-refractivity contribution >= 4 is 22.2 Å². The zero-order chi connectivity index (χ0) is 22.9. The Balaban J connectivity index is 1.45. The fourth-order valence-electron chi connectivity index (χ4n) is 4.17. The number of fused-ring (bicyclic) bond motifs is 1. The van der Waals surface area contributed by atoms with Gasteiger partial charge in [-0.2, -0.15) is 4.52 Å². The molecule has 0 saturated carbocycles. The number of nitrogens with zero attached hydrogens (tertiary/aromatic N) is 5. The molecule has 5 rings (SSSR count). The number of rotatable bonds is 6. The molecular formula is C23H25N5O4S. The lowest BCUT2D eigenvalue weighted by atomic mass is 10.0. The summed E-state index contributed by atoms with van der Waals surface area (Å²) in [6.45, 7) is 4.41. The predicted molar refractivity (Wildman–Crippen MR) is 123 cm³/mol. The van der Waals surface area contributed by atoms with E-state index in [-0.39, 0.29) is 17.8 Å². The van der Waals surface area contributed by atoms with E-state index in [1.165, 1.54) is 22.1 Å². The quantitative estimate of drug-likeness (QED) is 0.465. The zero-order valence-corrected chi connectivity index (χ0v) is 19.3. The molecule has 1 aromatic carbocycles. The molecule has 0 radical (unpaired) electrons. The molecule has 172 valence electrons. The first-order valence-corrected chi connectivity index (χ1v) is 11.7. The molecule has 1 amide bonds. The van der Waals surface area contributed by atoms with E-state index in [1.54, 1.807) is 24.1 Å². The average Bonchev–Trinajstić information content (AvgIpc) is 3.59. The number of hydrogen-bond donors (Lipinski definition) is 1. The SMILES string of the molecule is CCc1nc2sc(C(c3ccc(OC)cc3)N3CCN(C(=O)c4ccco4)CC3)c(O)n2n1. The number of aromatic nitrogens is 3. The number of furan rings is 1. The number of carbonyl (C=O) groups is 1. The average molecular weight is 468 g/mol. The molecule has 0 aliphatic carbocycles. The van der Waals surface area contributed by atoms with Gasteiger partial charge >= 0.3 is 0 Å². The Hall–Kier alpha value is -3.37. The van der Waals surface area contributed by atoms with Crippen LogP contribution in [0.15, 0.2) is 47.1 Å². The standard InChI is InChI=1S/C23H25N5O4S/c1-3-18-24-23-28(25-18)22(30)20(33-23)19(15-6-8-16(31-2)9-7-15)26-10-12-27(13-11-26)21(29)17-5-4-14-32-17/h4-9,14,19,30H,3,10-13H2,1-2H3. The van der Waals surface area contributed by atoms with Gasteiger partial charge in [0.2, 0.25) is 10.8 Å². The van der Waals surface area contributed by atoms with Crippen LogP contribution >= 0.6 is 11.3 Å². The third-order valence-corrected chi connectivity index (χ3v) is 7.01. The molecule has 33 heavy (non-hydrogen) atoms. The summed E-state index contributed by atoms with van der Waals surface area (Å²) in [4.78, 5) is 22.8. The van der Waals surface area contributed by atoms with Crippen LogP contribution < -0.4 is 4.74 Å². The molecule has 1 atom stereocenters. The van der Waals surface area contributed by atoms with E-state index in [0.29, 0.717) is 49.1 Å². The van der Waals surface area contributed by atoms with E-state index >= 15 is 0 Å². The van der Waals surface area contributed by atoms with Crippen molar-refractivity contribution in [3.05, 3.63) is 64.7 Å². The Labute approximate surface area is 194 Å². The van der Waals surface area contributed by atoms with E-state index in [4.69, 9.17) is 9.15 Å². The summed E-state index contributed by atoms with van der Waals surface area (Å²) in [6.07, 6.45) is 2.22. The summed E-state index contributed by atoms with van der Waals surface area (Å²) < 4.78 is 12.1. The molecule has 1 fully saturated rings. The minimum absolute atomic E-state index is 0.102. The first kappa shape index (κ1) is 21.5. The molecule has 1 aliphatic rings. The number of aryl methyl sites for hydroxylation is 1. The molecule has 1 saturated heterocycles. The monoisotopic (exact) mass is 467 g/mol. The number of ether oxygens (including phenoxy) is 1. The van der Waals surface area contributed by atoms with Crippen molar-refractivity contribution in [3.8, 4) is 11.6 Å². The van der Waals surface area contributed by atoms with Gasteiger partial charge in [0.25, 0.3) is 5.91 Å². The maximum Gasteiger partial charge on any atom is 0.289 e. The predicted octanol–water partition coefficient (Wildman–Crippen LogP) is 3.21. The number of aromatic hydroxyl groups is 1. The van der Waals surface area contributed by atoms with Crippen LogP contribution in [0.1, 0.15) is 39.8 Å². The van der Waals surface area contributed by atoms with Gasteiger partial charge in [-0.25, -0.2) is 4.98 Å². The highest BCUT2D eigenvalue weighted by Gasteiger charge is 2.33. The van der Waals surface area contributed by atoms with E-state index < -0.39 is 0 Å². The maximum atomic E-state index is 12.7. The Morgan fingerprint density at radius 1 is 1.21 bits per heavy atom. The van der Waals surface area contributed by atoms with E-state index in [2.05, 4.69) is 15.0 Å². The number of carbonyl (C=O) groups excluding carboxylic acids is 1. The second-order valence-electron chi connectivity index (χ2n) is 7.85. The minimum atomic E-state index is -0.199. The van der Waals surface area contributed by atoms with Crippen LogP contribution in [0, 0.1) is 0 Å². The molecule has 1 unspecified atom stereocenters. The number of methoxy groups -OCH3 is 1. The Kier molecular flexibility index (Phi) is 5.77. The fraction of sp³-hybridized carbons (Fsp3) is 0.348. The van der Waals surface area contributed by atoms with Gasteiger partial charge < -0.3 is 19.2 Å². The third kappa shape index (κ3) is 3.96. The topological polar surface area (TPSA) is 96.3 Å². The van der Waals surface area contributed by atoms with Crippen LogP contribution in [0.25, 0.3) is 4.96 Å². The summed E-state index contributed by atoms with van der Waals surface area (Å²) in [7, 11) is 1.64. The molecule has 9 nitrogen and oxygen atoms in total. The normalized spacial score (nSPS) is 15.8. The highest BCUT2D eigenvalue weighted by atomic mass is 32.1. The van der Waals surface area contributed by atoms with Gasteiger partial charge in [0.05, 0.1) is 24.3 Å². The van der Waals surface area contributed by atoms with Gasteiger partial charge in [-0.1, -0.05) is 30.4 Å². The molecule has 1 aliphatic heterocycles. The molecule has 0 spiro atoms. The lowest BCUT2D eigenvalue weighted by Crippen LogP contribution is -2.49. The summed E-state index contributed by atoms with van der Waals surface area (Å²) in [6, 6.07) is 11.1. The van der Waals surface area contributed by atoms with Crippen LogP contribution in [-0.2, 0) is 6.42 Å². The van der Waals surface area contributed by atoms with E-state index in [0.717, 1.165) is 16.2 Å². The number of thiazole rings is 1. The molecule has 1 N–H and O–H groups in total. The highest BCUT2D eigenvalue weighted by Crippen LogP contribution is 2.40. The summed E-state index contributed by atoms with van der Waals surface area (Å²) in [5.41, 5.74) is 1.03. The van der Waals surface area contributed by atoms with Crippen molar-refractivity contribution in [1.29, 1.82) is 0 Å². The molecule has 0 bridgehead atoms. The Morgan fingerprint density at radius 2 is 1.97 bits per heavy atom. The van der Waals surface area contributed by atoms with E-state index in [9.17, 15) is 9.90 Å². The molecule has 10 heteroatoms. The largest absolute Gasteiger partial charge is 0.497 e. The Morgan fingerprint density at radius 3 is 2.58 bits per heavy atom. The van der Waals surface area contributed by atoms with Gasteiger partial charge in [-0.3, -0.25) is 9.69 Å². The van der Waals surface area contributed by atoms with Crippen LogP contribution in [0.5, 0.6) is 11.6 Å². The van der Waals surface area contributed by atoms with Crippen molar-refractivity contribution in [1.82, 2.24) is 24.4 Å². The lowest BCUT2D eigenvalue weighted by Gasteiger charge is -2.38. The number of piperazine rings is 1. The van der Waals surface area contributed by atoms with Crippen LogP contribution in [0.4, 0.5) is 0 Å². The molecule has 3 aromatic heterocycles. The molecule has 4 aromatic rings. The zero-order valence-electron chi connectivity index (χ0n) is 18.5. The van der Waals surface area contributed by atoms with Gasteiger partial charge in [0, 0.05) is 32.6 Å². The molecule has 4 heterocycles. The van der Waals surface area contributed by atoms with E-state index in [1.807, 2.05) is 31.2 Å². The smallest absolute Gasteiger partial charge is 0.289 e. The number of amides is 1. The van der Waals surface area contributed by atoms with Crippen molar-refractivity contribution in [3.63, 3.8) is 0 Å². The van der Waals surface area contributed by atoms with Crippen LogP contribution in [0.3, 0.4) is 0 Å². The highest BCUT2D eigenvalue weighted by molar-refractivity contribution is 7.17. The lowest BCUT2D eigenvalue weighted by molar-refractivity contribution is 0.0568. The van der Waals surface area contributed by atoms with Crippen LogP contribution in [-0.4, -0.2) is 68.7 Å². The van der Waals surface area contributed by atoms with Gasteiger partial charge in [-0.15, -0.1) is 5.10 Å². The summed E-state index contributed by atoms with van der Waals surface area (Å²) in [5.74, 6) is 1.83.